The van der Waals surface area contributed by atoms with Gasteiger partial charge in [0.1, 0.15) is 6.71 Å². The van der Waals surface area contributed by atoms with Crippen LogP contribution in [0.25, 0.3) is 0 Å². The lowest BCUT2D eigenvalue weighted by molar-refractivity contribution is 1.21. The summed E-state index contributed by atoms with van der Waals surface area (Å²) < 4.78 is 0. The summed E-state index contributed by atoms with van der Waals surface area (Å²) in [5.41, 5.74) is 0. The highest BCUT2D eigenvalue weighted by molar-refractivity contribution is 7.65. The average molecular weight is 498 g/mol. The van der Waals surface area contributed by atoms with Gasteiger partial charge in [-0.3, -0.25) is 0 Å². The Hall–Kier alpha value is 3.33. The van der Waals surface area contributed by atoms with E-state index in [9.17, 15) is 0 Å². The molecule has 0 rings (SSSR count). The van der Waals surface area contributed by atoms with E-state index in [0.29, 0.717) is 18.1 Å². The van der Waals surface area contributed by atoms with Crippen LogP contribution >= 0.6 is 99.7 Å². The van der Waals surface area contributed by atoms with E-state index in [1.807, 2.05) is 0 Å². The van der Waals surface area contributed by atoms with Gasteiger partial charge in [0.25, 0.3) is 0 Å². The Morgan fingerprint density at radius 3 is 0.842 bits per heavy atom. The first-order valence-electron chi connectivity index (χ1n) is 5.49. The number of hydrogen-bond donors (Lipinski definition) is 0. The quantitative estimate of drug-likeness (QED) is 0.229. The molecular formula is C6H12BCl9Si3. The summed E-state index contributed by atoms with van der Waals surface area (Å²) >= 11 is 53.0. The monoisotopic (exact) mass is 494 g/mol. The molecule has 0 radical (unpaired) electrons. The standard InChI is InChI=1S/C6H12BCl9Si3/c8-17(9,10)4-1-7(2-5-18(11,12)13)3-6-19(14,15)16/h1-6H2. The molecule has 0 spiro atoms. The van der Waals surface area contributed by atoms with Gasteiger partial charge in [0, 0.05) is 0 Å². The van der Waals surface area contributed by atoms with Crippen molar-refractivity contribution in [1.29, 1.82) is 0 Å². The molecule has 0 aliphatic heterocycles. The summed E-state index contributed by atoms with van der Waals surface area (Å²) in [5, 5.41) is 0. The summed E-state index contributed by atoms with van der Waals surface area (Å²) in [6, 6.07) is -6.16. The second-order valence-electron chi connectivity index (χ2n) is 4.33. The molecule has 0 nitrogen and oxygen atoms in total. The van der Waals surface area contributed by atoms with Crippen LogP contribution in [0.15, 0.2) is 0 Å². The van der Waals surface area contributed by atoms with Crippen molar-refractivity contribution in [3.63, 3.8) is 0 Å². The van der Waals surface area contributed by atoms with Gasteiger partial charge in [0.05, 0.1) is 0 Å². The molecule has 114 valence electrons. The summed E-state index contributed by atoms with van der Waals surface area (Å²) in [6.07, 6.45) is 2.31. The molecule has 0 aromatic rings. The molecule has 0 fully saturated rings. The Kier molecular flexibility index (Phi) is 11.3. The van der Waals surface area contributed by atoms with Gasteiger partial charge in [-0.2, -0.15) is 0 Å². The summed E-state index contributed by atoms with van der Waals surface area (Å²) in [7, 11) is 0. The van der Waals surface area contributed by atoms with E-state index in [-0.39, 0.29) is 6.71 Å². The molecule has 0 atom stereocenters. The van der Waals surface area contributed by atoms with Crippen LogP contribution in [0.4, 0.5) is 0 Å². The molecule has 0 aromatic carbocycles. The zero-order valence-electron chi connectivity index (χ0n) is 9.72. The zero-order valence-corrected chi connectivity index (χ0v) is 19.5. The normalized spacial score (nSPS) is 13.7. The van der Waals surface area contributed by atoms with Crippen LogP contribution in [0.1, 0.15) is 0 Å². The van der Waals surface area contributed by atoms with Gasteiger partial charge < -0.3 is 0 Å². The molecule has 0 heterocycles. The first-order valence-corrected chi connectivity index (χ1v) is 21.2. The highest BCUT2D eigenvalue weighted by atomic mass is 35.9. The maximum absolute atomic E-state index is 5.89. The van der Waals surface area contributed by atoms with E-state index >= 15 is 0 Å². The second-order valence-corrected chi connectivity index (χ2v) is 32.2. The summed E-state index contributed by atoms with van der Waals surface area (Å²) in [6.45, 7) is 0.273. The Bertz CT molecular complexity index is 217. The summed E-state index contributed by atoms with van der Waals surface area (Å²) in [4.78, 5) is 0. The van der Waals surface area contributed by atoms with Crippen molar-refractivity contribution in [3.05, 3.63) is 0 Å². The molecule has 13 heteroatoms. The highest BCUT2D eigenvalue weighted by Gasteiger charge is 2.33. The molecule has 0 aliphatic rings. The van der Waals surface area contributed by atoms with Gasteiger partial charge in [-0.05, 0) is 18.1 Å². The molecule has 0 bridgehead atoms. The van der Waals surface area contributed by atoms with Crippen LogP contribution in [-0.2, 0) is 0 Å². The lowest BCUT2D eigenvalue weighted by atomic mass is 9.44. The molecule has 0 saturated carbocycles. The lowest BCUT2D eigenvalue weighted by Gasteiger charge is -2.18. The highest BCUT2D eigenvalue weighted by Crippen LogP contribution is 2.35. The number of halogens is 9. The predicted octanol–water partition coefficient (Wildman–Crippen LogP) is 7.45. The van der Waals surface area contributed by atoms with Crippen LogP contribution in [0.3, 0.4) is 0 Å². The van der Waals surface area contributed by atoms with Gasteiger partial charge in [-0.25, -0.2) is 0 Å². The third-order valence-corrected chi connectivity index (χ3v) is 10.2. The molecule has 19 heavy (non-hydrogen) atoms. The molecule has 0 unspecified atom stereocenters. The van der Waals surface area contributed by atoms with Crippen LogP contribution in [-0.4, -0.2) is 24.7 Å². The fourth-order valence-electron chi connectivity index (χ4n) is 1.54. The average Bonchev–Trinajstić information content (AvgIpc) is 2.11. The van der Waals surface area contributed by atoms with E-state index in [1.165, 1.54) is 0 Å². The smallest absolute Gasteiger partial charge is 0.126 e. The van der Waals surface area contributed by atoms with Gasteiger partial charge in [-0.15, -0.1) is 99.7 Å². The van der Waals surface area contributed by atoms with Crippen molar-refractivity contribution < 1.29 is 0 Å². The summed E-state index contributed by atoms with van der Waals surface area (Å²) in [5.74, 6) is 0. The minimum absolute atomic E-state index is 0.273. The van der Waals surface area contributed by atoms with Gasteiger partial charge in [-0.1, -0.05) is 19.0 Å². The lowest BCUT2D eigenvalue weighted by Crippen LogP contribution is -2.23. The largest absolute Gasteiger partial charge is 0.340 e. The van der Waals surface area contributed by atoms with Gasteiger partial charge in [0.2, 0.25) is 0 Å². The third-order valence-electron chi connectivity index (χ3n) is 2.51. The van der Waals surface area contributed by atoms with Crippen LogP contribution in [0.2, 0.25) is 37.1 Å². The first-order chi connectivity index (χ1) is 8.29. The molecule has 0 aliphatic carbocycles. The second kappa shape index (κ2) is 9.58. The Morgan fingerprint density at radius 1 is 0.474 bits per heavy atom. The van der Waals surface area contributed by atoms with Crippen molar-refractivity contribution in [2.75, 3.05) is 0 Å². The van der Waals surface area contributed by atoms with E-state index < -0.39 is 18.0 Å². The minimum Gasteiger partial charge on any atom is -0.126 e. The van der Waals surface area contributed by atoms with E-state index in [1.54, 1.807) is 0 Å². The van der Waals surface area contributed by atoms with Crippen LogP contribution in [0, 0.1) is 0 Å². The van der Waals surface area contributed by atoms with E-state index in [2.05, 4.69) is 0 Å². The maximum atomic E-state index is 5.89. The zero-order chi connectivity index (χ0) is 15.3. The van der Waals surface area contributed by atoms with Crippen molar-refractivity contribution in [2.24, 2.45) is 0 Å². The molecule has 0 aromatic heterocycles. The SMILES string of the molecule is Cl[Si](Cl)(Cl)CCB(CC[Si](Cl)(Cl)Cl)CC[Si](Cl)(Cl)Cl. The Labute approximate surface area is 160 Å². The van der Waals surface area contributed by atoms with Crippen molar-refractivity contribution in [1.82, 2.24) is 0 Å². The van der Waals surface area contributed by atoms with Crippen molar-refractivity contribution >= 4 is 124 Å². The number of rotatable bonds is 9. The third kappa shape index (κ3) is 17.5. The van der Waals surface area contributed by atoms with E-state index in [0.717, 1.165) is 19.0 Å². The fourth-order valence-corrected chi connectivity index (χ4v) is 6.69. The Morgan fingerprint density at radius 2 is 0.684 bits per heavy atom. The maximum Gasteiger partial charge on any atom is 0.340 e. The molecule has 0 N–H and O–H groups in total. The fraction of sp³-hybridized carbons (Fsp3) is 1.00. The van der Waals surface area contributed by atoms with Gasteiger partial charge in [0.15, 0.2) is 0 Å². The Balaban J connectivity index is 4.30. The van der Waals surface area contributed by atoms with E-state index in [4.69, 9.17) is 99.7 Å². The molecular weight excluding hydrogens is 486 g/mol. The van der Waals surface area contributed by atoms with Crippen LogP contribution in [0.5, 0.6) is 0 Å². The topological polar surface area (TPSA) is 0 Å². The van der Waals surface area contributed by atoms with Crippen molar-refractivity contribution in [2.45, 2.75) is 37.1 Å². The predicted molar refractivity (Wildman–Crippen MR) is 105 cm³/mol. The first kappa shape index (κ1) is 22.3. The number of hydrogen-bond acceptors (Lipinski definition) is 0. The molecule has 0 saturated heterocycles. The molecule has 0 amide bonds. The van der Waals surface area contributed by atoms with Gasteiger partial charge >= 0.3 is 18.0 Å². The minimum atomic E-state index is -2.63. The van der Waals surface area contributed by atoms with Crippen molar-refractivity contribution in [3.8, 4) is 0 Å². The van der Waals surface area contributed by atoms with Crippen LogP contribution < -0.4 is 0 Å².